The number of alkyl halides is 1. The molecular formula is C12H12FNO3. The predicted molar refractivity (Wildman–Crippen MR) is 58.4 cm³/mol. The van der Waals surface area contributed by atoms with E-state index in [1.165, 1.54) is 36.1 Å². The molecule has 0 unspecified atom stereocenters. The van der Waals surface area contributed by atoms with Crippen molar-refractivity contribution in [2.24, 2.45) is 0 Å². The van der Waals surface area contributed by atoms with Gasteiger partial charge < -0.3 is 10.0 Å². The monoisotopic (exact) mass is 237 g/mol. The van der Waals surface area contributed by atoms with Crippen LogP contribution < -0.4 is 0 Å². The molecule has 1 amide bonds. The predicted octanol–water partition coefficient (Wildman–Crippen LogP) is 1.41. The van der Waals surface area contributed by atoms with Crippen molar-refractivity contribution in [3.8, 4) is 0 Å². The topological polar surface area (TPSA) is 57.6 Å². The average molecular weight is 237 g/mol. The van der Waals surface area contributed by atoms with Crippen LogP contribution >= 0.6 is 0 Å². The summed E-state index contributed by atoms with van der Waals surface area (Å²) in [5, 5.41) is 8.72. The summed E-state index contributed by atoms with van der Waals surface area (Å²) < 4.78 is 14.2. The molecule has 17 heavy (non-hydrogen) atoms. The number of carboxylic acid groups (broad SMARTS) is 1. The van der Waals surface area contributed by atoms with Gasteiger partial charge in [-0.15, -0.1) is 0 Å². The highest BCUT2D eigenvalue weighted by molar-refractivity contribution is 5.87. The van der Waals surface area contributed by atoms with Gasteiger partial charge in [-0.3, -0.25) is 4.79 Å². The van der Waals surface area contributed by atoms with Gasteiger partial charge >= 0.3 is 5.97 Å². The molecule has 0 aliphatic carbocycles. The highest BCUT2D eigenvalue weighted by Crippen LogP contribution is 2.36. The Hall–Kier alpha value is -1.91. The molecule has 2 rings (SSSR count). The molecule has 0 saturated carbocycles. The van der Waals surface area contributed by atoms with Gasteiger partial charge in [0.05, 0.1) is 18.7 Å². The summed E-state index contributed by atoms with van der Waals surface area (Å²) in [6.07, 6.45) is 0. The second-order valence-electron chi connectivity index (χ2n) is 4.22. The van der Waals surface area contributed by atoms with Gasteiger partial charge in [0.15, 0.2) is 5.67 Å². The molecule has 1 aliphatic rings. The molecule has 1 aromatic rings. The number of rotatable bonds is 2. The van der Waals surface area contributed by atoms with E-state index in [-0.39, 0.29) is 24.6 Å². The van der Waals surface area contributed by atoms with Crippen molar-refractivity contribution in [2.45, 2.75) is 12.6 Å². The molecule has 0 aromatic heterocycles. The summed E-state index contributed by atoms with van der Waals surface area (Å²) in [5.74, 6) is -1.19. The molecule has 1 saturated heterocycles. The lowest BCUT2D eigenvalue weighted by Crippen LogP contribution is -2.58. The average Bonchev–Trinajstić information content (AvgIpc) is 2.24. The number of carbonyl (C=O) groups is 2. The maximum Gasteiger partial charge on any atom is 0.335 e. The van der Waals surface area contributed by atoms with Crippen LogP contribution in [-0.4, -0.2) is 35.0 Å². The van der Waals surface area contributed by atoms with E-state index in [9.17, 15) is 14.0 Å². The molecule has 0 atom stereocenters. The van der Waals surface area contributed by atoms with Crippen LogP contribution in [0.4, 0.5) is 4.39 Å². The minimum atomic E-state index is -1.54. The lowest BCUT2D eigenvalue weighted by molar-refractivity contribution is -0.143. The summed E-state index contributed by atoms with van der Waals surface area (Å²) in [4.78, 5) is 23.0. The van der Waals surface area contributed by atoms with Crippen molar-refractivity contribution in [2.75, 3.05) is 13.1 Å². The Labute approximate surface area is 97.7 Å². The number of halogens is 1. The van der Waals surface area contributed by atoms with Crippen molar-refractivity contribution in [3.05, 3.63) is 35.4 Å². The molecule has 0 radical (unpaired) electrons. The fourth-order valence-corrected chi connectivity index (χ4v) is 1.88. The normalized spacial score (nSPS) is 17.4. The van der Waals surface area contributed by atoms with Crippen LogP contribution in [0.1, 0.15) is 22.8 Å². The molecule has 5 heteroatoms. The molecule has 1 aliphatic heterocycles. The highest BCUT2D eigenvalue weighted by atomic mass is 19.1. The van der Waals surface area contributed by atoms with E-state index < -0.39 is 11.6 Å². The van der Waals surface area contributed by atoms with E-state index in [4.69, 9.17) is 5.11 Å². The van der Waals surface area contributed by atoms with Crippen LogP contribution in [0.5, 0.6) is 0 Å². The molecule has 1 fully saturated rings. The molecule has 1 heterocycles. The van der Waals surface area contributed by atoms with E-state index >= 15 is 0 Å². The number of benzene rings is 1. The second kappa shape index (κ2) is 3.84. The number of hydrogen-bond acceptors (Lipinski definition) is 2. The molecule has 0 spiro atoms. The third-order valence-corrected chi connectivity index (χ3v) is 2.98. The Kier molecular flexibility index (Phi) is 2.61. The summed E-state index contributed by atoms with van der Waals surface area (Å²) in [6, 6.07) is 5.66. The van der Waals surface area contributed by atoms with Crippen LogP contribution in [0.15, 0.2) is 24.3 Å². The van der Waals surface area contributed by atoms with Crippen molar-refractivity contribution < 1.29 is 19.1 Å². The molecule has 0 bridgehead atoms. The quantitative estimate of drug-likeness (QED) is 0.846. The van der Waals surface area contributed by atoms with Crippen molar-refractivity contribution >= 4 is 11.9 Å². The zero-order valence-corrected chi connectivity index (χ0v) is 9.31. The fraction of sp³-hybridized carbons (Fsp3) is 0.333. The number of carboxylic acids is 1. The van der Waals surface area contributed by atoms with Gasteiger partial charge in [-0.25, -0.2) is 9.18 Å². The Bertz CT molecular complexity index is 463. The molecule has 4 nitrogen and oxygen atoms in total. The van der Waals surface area contributed by atoms with E-state index in [0.29, 0.717) is 5.56 Å². The Balaban J connectivity index is 2.14. The standard InChI is InChI=1S/C12H12FNO3/c1-8(15)14-6-12(13,7-14)10-4-2-9(3-5-10)11(16)17/h2-5H,6-7H2,1H3,(H,16,17). The summed E-state index contributed by atoms with van der Waals surface area (Å²) in [5.41, 5.74) is -0.997. The highest BCUT2D eigenvalue weighted by Gasteiger charge is 2.46. The molecule has 1 N–H and O–H groups in total. The van der Waals surface area contributed by atoms with Crippen molar-refractivity contribution in [1.29, 1.82) is 0 Å². The first-order valence-electron chi connectivity index (χ1n) is 5.21. The Morgan fingerprint density at radius 3 is 2.24 bits per heavy atom. The van der Waals surface area contributed by atoms with E-state index in [1.807, 2.05) is 0 Å². The minimum absolute atomic E-state index is 0.0365. The Morgan fingerprint density at radius 2 is 1.82 bits per heavy atom. The zero-order chi connectivity index (χ0) is 12.6. The first-order valence-corrected chi connectivity index (χ1v) is 5.21. The summed E-state index contributed by atoms with van der Waals surface area (Å²) in [6.45, 7) is 1.47. The van der Waals surface area contributed by atoms with Gasteiger partial charge in [-0.05, 0) is 17.7 Å². The van der Waals surface area contributed by atoms with Crippen molar-refractivity contribution in [3.63, 3.8) is 0 Å². The number of likely N-dealkylation sites (tertiary alicyclic amines) is 1. The first-order chi connectivity index (χ1) is 7.92. The van der Waals surface area contributed by atoms with Crippen molar-refractivity contribution in [1.82, 2.24) is 4.90 Å². The van der Waals surface area contributed by atoms with E-state index in [0.717, 1.165) is 0 Å². The van der Waals surface area contributed by atoms with Gasteiger partial charge in [0, 0.05) is 6.92 Å². The van der Waals surface area contributed by atoms with Crippen LogP contribution in [0, 0.1) is 0 Å². The van der Waals surface area contributed by atoms with Gasteiger partial charge in [0.1, 0.15) is 0 Å². The lowest BCUT2D eigenvalue weighted by Gasteiger charge is -2.44. The minimum Gasteiger partial charge on any atom is -0.478 e. The number of amides is 1. The maximum atomic E-state index is 14.2. The Morgan fingerprint density at radius 1 is 1.29 bits per heavy atom. The fourth-order valence-electron chi connectivity index (χ4n) is 1.88. The van der Waals surface area contributed by atoms with Gasteiger partial charge in [-0.1, -0.05) is 12.1 Å². The third-order valence-electron chi connectivity index (χ3n) is 2.98. The maximum absolute atomic E-state index is 14.2. The first kappa shape index (κ1) is 11.6. The SMILES string of the molecule is CC(=O)N1CC(F)(c2ccc(C(=O)O)cc2)C1. The molecule has 1 aromatic carbocycles. The van der Waals surface area contributed by atoms with E-state index in [1.54, 1.807) is 0 Å². The third kappa shape index (κ3) is 2.00. The van der Waals surface area contributed by atoms with Gasteiger partial charge in [0.25, 0.3) is 0 Å². The zero-order valence-electron chi connectivity index (χ0n) is 9.31. The van der Waals surface area contributed by atoms with Crippen LogP contribution in [0.25, 0.3) is 0 Å². The smallest absolute Gasteiger partial charge is 0.335 e. The number of hydrogen-bond donors (Lipinski definition) is 1. The lowest BCUT2D eigenvalue weighted by atomic mass is 9.87. The van der Waals surface area contributed by atoms with Crippen LogP contribution in [0.3, 0.4) is 0 Å². The summed E-state index contributed by atoms with van der Waals surface area (Å²) in [7, 11) is 0. The second-order valence-corrected chi connectivity index (χ2v) is 4.22. The van der Waals surface area contributed by atoms with E-state index in [2.05, 4.69) is 0 Å². The molecule has 90 valence electrons. The number of carbonyl (C=O) groups excluding carboxylic acids is 1. The number of aromatic carboxylic acids is 1. The summed E-state index contributed by atoms with van der Waals surface area (Å²) >= 11 is 0. The van der Waals surface area contributed by atoms with Crippen LogP contribution in [-0.2, 0) is 10.5 Å². The number of nitrogens with zero attached hydrogens (tertiary/aromatic N) is 1. The molecular weight excluding hydrogens is 225 g/mol. The van der Waals surface area contributed by atoms with Crippen LogP contribution in [0.2, 0.25) is 0 Å². The van der Waals surface area contributed by atoms with Gasteiger partial charge in [0.2, 0.25) is 5.91 Å². The largest absolute Gasteiger partial charge is 0.478 e. The van der Waals surface area contributed by atoms with Gasteiger partial charge in [-0.2, -0.15) is 0 Å².